The molecule has 1 aliphatic rings. The van der Waals surface area contributed by atoms with Crippen LogP contribution in [0.4, 0.5) is 0 Å². The Morgan fingerprint density at radius 2 is 1.83 bits per heavy atom. The summed E-state index contributed by atoms with van der Waals surface area (Å²) >= 11 is 3.54. The highest BCUT2D eigenvalue weighted by Gasteiger charge is 2.19. The van der Waals surface area contributed by atoms with E-state index in [0.717, 1.165) is 34.4 Å². The molecule has 18 heavy (non-hydrogen) atoms. The molecule has 2 N–H and O–H groups in total. The fraction of sp³-hybridized carbons (Fsp3) is 0.538. The van der Waals surface area contributed by atoms with Gasteiger partial charge in [-0.1, -0.05) is 29.8 Å². The van der Waals surface area contributed by atoms with E-state index in [1.165, 1.54) is 0 Å². The second-order valence-electron chi connectivity index (χ2n) is 4.80. The zero-order valence-corrected chi connectivity index (χ0v) is 13.0. The van der Waals surface area contributed by atoms with Crippen molar-refractivity contribution in [1.82, 2.24) is 0 Å². The number of benzene rings is 1. The molecule has 0 saturated heterocycles. The lowest BCUT2D eigenvalue weighted by Gasteiger charge is -2.15. The van der Waals surface area contributed by atoms with Crippen LogP contribution in [0.1, 0.15) is 38.3 Å². The Kier molecular flexibility index (Phi) is 5.76. The normalized spacial score (nSPS) is 14.5. The molecule has 0 aliphatic carbocycles. The van der Waals surface area contributed by atoms with Crippen molar-refractivity contribution in [1.29, 1.82) is 0 Å². The predicted octanol–water partition coefficient (Wildman–Crippen LogP) is 4.04. The minimum Gasteiger partial charge on any atom is -0.454 e. The van der Waals surface area contributed by atoms with Crippen molar-refractivity contribution in [2.75, 3.05) is 6.79 Å². The fourth-order valence-electron chi connectivity index (χ4n) is 1.89. The van der Waals surface area contributed by atoms with Crippen molar-refractivity contribution in [3.63, 3.8) is 0 Å². The number of rotatable bonds is 4. The van der Waals surface area contributed by atoms with E-state index in [1.807, 2.05) is 12.1 Å². The van der Waals surface area contributed by atoms with Gasteiger partial charge in [0.05, 0.1) is 0 Å². The van der Waals surface area contributed by atoms with E-state index in [0.29, 0.717) is 12.7 Å². The van der Waals surface area contributed by atoms with Gasteiger partial charge in [-0.2, -0.15) is 0 Å². The second kappa shape index (κ2) is 6.64. The Morgan fingerprint density at radius 3 is 2.44 bits per heavy atom. The molecule has 1 aromatic carbocycles. The van der Waals surface area contributed by atoms with Gasteiger partial charge in [0.15, 0.2) is 11.5 Å². The Bertz CT molecular complexity index is 412. The first-order valence-corrected chi connectivity index (χ1v) is 6.72. The van der Waals surface area contributed by atoms with Crippen LogP contribution in [0.25, 0.3) is 0 Å². The van der Waals surface area contributed by atoms with Crippen LogP contribution < -0.4 is 15.2 Å². The Morgan fingerprint density at radius 1 is 1.22 bits per heavy atom. The lowest BCUT2D eigenvalue weighted by Crippen LogP contribution is -2.12. The third kappa shape index (κ3) is 3.53. The molecule has 1 aromatic rings. The van der Waals surface area contributed by atoms with Gasteiger partial charge < -0.3 is 15.2 Å². The molecule has 0 bridgehead atoms. The minimum absolute atomic E-state index is 0. The van der Waals surface area contributed by atoms with Crippen LogP contribution >= 0.6 is 28.3 Å². The first-order chi connectivity index (χ1) is 8.08. The maximum Gasteiger partial charge on any atom is 0.231 e. The largest absolute Gasteiger partial charge is 0.454 e. The smallest absolute Gasteiger partial charge is 0.231 e. The average molecular weight is 337 g/mol. The molecule has 1 aliphatic heterocycles. The number of ether oxygens (including phenoxy) is 2. The molecule has 102 valence electrons. The van der Waals surface area contributed by atoms with E-state index in [2.05, 4.69) is 29.8 Å². The molecule has 1 heterocycles. The quantitative estimate of drug-likeness (QED) is 0.902. The fourth-order valence-corrected chi connectivity index (χ4v) is 2.50. The first-order valence-electron chi connectivity index (χ1n) is 5.92. The summed E-state index contributed by atoms with van der Waals surface area (Å²) in [6, 6.07) is 3.96. The SMILES string of the molecule is CC(C)CC[C@H](N)c1cc2c(cc1Br)OCO2.Cl. The topological polar surface area (TPSA) is 44.5 Å². The molecule has 1 atom stereocenters. The summed E-state index contributed by atoms with van der Waals surface area (Å²) in [5.41, 5.74) is 7.30. The molecule has 3 nitrogen and oxygen atoms in total. The summed E-state index contributed by atoms with van der Waals surface area (Å²) in [6.45, 7) is 4.72. The molecule has 0 aromatic heterocycles. The highest BCUT2D eigenvalue weighted by Crippen LogP contribution is 2.39. The van der Waals surface area contributed by atoms with E-state index in [4.69, 9.17) is 15.2 Å². The summed E-state index contributed by atoms with van der Waals surface area (Å²) in [4.78, 5) is 0. The highest BCUT2D eigenvalue weighted by molar-refractivity contribution is 9.10. The number of fused-ring (bicyclic) bond motifs is 1. The van der Waals surface area contributed by atoms with Crippen molar-refractivity contribution in [2.45, 2.75) is 32.7 Å². The standard InChI is InChI=1S/C13H18BrNO2.ClH/c1-8(2)3-4-11(15)9-5-12-13(6-10(9)14)17-7-16-12;/h5-6,8,11H,3-4,7,15H2,1-2H3;1H/t11-;/m0./s1. The third-order valence-corrected chi connectivity index (χ3v) is 3.63. The van der Waals surface area contributed by atoms with Gasteiger partial charge in [0.1, 0.15) is 0 Å². The van der Waals surface area contributed by atoms with Crippen LogP contribution in [0.15, 0.2) is 16.6 Å². The van der Waals surface area contributed by atoms with Crippen LogP contribution in [0.3, 0.4) is 0 Å². The van der Waals surface area contributed by atoms with Gasteiger partial charge in [-0.05, 0) is 36.5 Å². The molecule has 0 unspecified atom stereocenters. The van der Waals surface area contributed by atoms with Crippen molar-refractivity contribution >= 4 is 28.3 Å². The van der Waals surface area contributed by atoms with Gasteiger partial charge in [0.2, 0.25) is 6.79 Å². The van der Waals surface area contributed by atoms with Crippen molar-refractivity contribution in [3.05, 3.63) is 22.2 Å². The van der Waals surface area contributed by atoms with Crippen LogP contribution in [0, 0.1) is 5.92 Å². The van der Waals surface area contributed by atoms with Crippen LogP contribution in [0.5, 0.6) is 11.5 Å². The molecule has 0 radical (unpaired) electrons. The minimum atomic E-state index is 0. The predicted molar refractivity (Wildman–Crippen MR) is 78.5 cm³/mol. The van der Waals surface area contributed by atoms with Gasteiger partial charge in [-0.15, -0.1) is 12.4 Å². The monoisotopic (exact) mass is 335 g/mol. The number of hydrogen-bond acceptors (Lipinski definition) is 3. The second-order valence-corrected chi connectivity index (χ2v) is 5.66. The number of hydrogen-bond donors (Lipinski definition) is 1. The van der Waals surface area contributed by atoms with Gasteiger partial charge in [-0.25, -0.2) is 0 Å². The lowest BCUT2D eigenvalue weighted by atomic mass is 9.98. The van der Waals surface area contributed by atoms with E-state index in [9.17, 15) is 0 Å². The van der Waals surface area contributed by atoms with Crippen molar-refractivity contribution in [3.8, 4) is 11.5 Å². The number of nitrogens with two attached hydrogens (primary N) is 1. The molecule has 0 saturated carbocycles. The van der Waals surface area contributed by atoms with E-state index in [1.54, 1.807) is 0 Å². The Hall–Kier alpha value is -0.450. The molecule has 2 rings (SSSR count). The first kappa shape index (κ1) is 15.6. The van der Waals surface area contributed by atoms with Gasteiger partial charge in [-0.3, -0.25) is 0 Å². The molecular formula is C13H19BrClNO2. The number of halogens is 2. The van der Waals surface area contributed by atoms with E-state index < -0.39 is 0 Å². The molecule has 0 fully saturated rings. The summed E-state index contributed by atoms with van der Waals surface area (Å²) in [5.74, 6) is 2.26. The Labute approximate surface area is 123 Å². The average Bonchev–Trinajstić information content (AvgIpc) is 2.71. The van der Waals surface area contributed by atoms with Crippen molar-refractivity contribution in [2.24, 2.45) is 11.7 Å². The van der Waals surface area contributed by atoms with E-state index >= 15 is 0 Å². The lowest BCUT2D eigenvalue weighted by molar-refractivity contribution is 0.174. The van der Waals surface area contributed by atoms with E-state index in [-0.39, 0.29) is 18.4 Å². The summed E-state index contributed by atoms with van der Waals surface area (Å²) < 4.78 is 11.7. The van der Waals surface area contributed by atoms with Gasteiger partial charge in [0.25, 0.3) is 0 Å². The summed E-state index contributed by atoms with van der Waals surface area (Å²) in [7, 11) is 0. The highest BCUT2D eigenvalue weighted by atomic mass is 79.9. The van der Waals surface area contributed by atoms with Crippen LogP contribution in [0.2, 0.25) is 0 Å². The van der Waals surface area contributed by atoms with Gasteiger partial charge in [0, 0.05) is 10.5 Å². The summed E-state index contributed by atoms with van der Waals surface area (Å²) in [6.07, 6.45) is 2.11. The van der Waals surface area contributed by atoms with Crippen LogP contribution in [-0.2, 0) is 0 Å². The zero-order valence-electron chi connectivity index (χ0n) is 10.6. The summed E-state index contributed by atoms with van der Waals surface area (Å²) in [5, 5.41) is 0. The zero-order chi connectivity index (χ0) is 12.4. The molecular weight excluding hydrogens is 318 g/mol. The molecule has 5 heteroatoms. The molecule has 0 spiro atoms. The maximum atomic E-state index is 6.21. The maximum absolute atomic E-state index is 6.21. The van der Waals surface area contributed by atoms with Gasteiger partial charge >= 0.3 is 0 Å². The molecule has 0 amide bonds. The van der Waals surface area contributed by atoms with Crippen molar-refractivity contribution < 1.29 is 9.47 Å². The third-order valence-electron chi connectivity index (χ3n) is 2.95. The van der Waals surface area contributed by atoms with Crippen LogP contribution in [-0.4, -0.2) is 6.79 Å². The Balaban J connectivity index is 0.00000162.